The Morgan fingerprint density at radius 2 is 1.84 bits per heavy atom. The van der Waals surface area contributed by atoms with Crippen molar-refractivity contribution >= 4 is 22.4 Å². The van der Waals surface area contributed by atoms with Crippen LogP contribution < -0.4 is 0 Å². The lowest BCUT2D eigenvalue weighted by Crippen LogP contribution is -2.27. The number of aliphatic hydroxyl groups is 1. The van der Waals surface area contributed by atoms with E-state index in [9.17, 15) is 5.11 Å². The number of nitrogens with zero attached hydrogens (tertiary/aromatic N) is 2. The van der Waals surface area contributed by atoms with Gasteiger partial charge in [0.05, 0.1) is 23.2 Å². The van der Waals surface area contributed by atoms with Crippen molar-refractivity contribution in [2.24, 2.45) is 0 Å². The standard InChI is InChI=1S/C20H28N4O/c1-2-3-4-5-6-7-10-13-24-14-17(25)18(19(24)21)20-22-15-11-8-9-12-16(15)23-20/h8-9,11-12,21,25H,2-7,10,13-14H2,1H3,(H,22,23). The van der Waals surface area contributed by atoms with Gasteiger partial charge in [-0.2, -0.15) is 0 Å². The number of fused-ring (bicyclic) bond motifs is 1. The Morgan fingerprint density at radius 3 is 2.60 bits per heavy atom. The molecule has 25 heavy (non-hydrogen) atoms. The molecule has 5 heteroatoms. The van der Waals surface area contributed by atoms with Crippen LogP contribution in [0.2, 0.25) is 0 Å². The summed E-state index contributed by atoms with van der Waals surface area (Å²) in [7, 11) is 0. The number of hydrogen-bond acceptors (Lipinski definition) is 3. The summed E-state index contributed by atoms with van der Waals surface area (Å²) in [5, 5.41) is 18.8. The molecule has 3 N–H and O–H groups in total. The number of benzene rings is 1. The molecule has 1 aromatic carbocycles. The van der Waals surface area contributed by atoms with Crippen molar-refractivity contribution in [3.63, 3.8) is 0 Å². The van der Waals surface area contributed by atoms with E-state index in [-0.39, 0.29) is 5.76 Å². The number of nitrogens with one attached hydrogen (secondary N) is 2. The van der Waals surface area contributed by atoms with Crippen LogP contribution in [-0.2, 0) is 0 Å². The third-order valence-corrected chi connectivity index (χ3v) is 4.84. The Hall–Kier alpha value is -2.30. The number of hydrogen-bond donors (Lipinski definition) is 3. The van der Waals surface area contributed by atoms with E-state index in [4.69, 9.17) is 5.41 Å². The van der Waals surface area contributed by atoms with Crippen molar-refractivity contribution in [2.45, 2.75) is 51.9 Å². The summed E-state index contributed by atoms with van der Waals surface area (Å²) >= 11 is 0. The van der Waals surface area contributed by atoms with Crippen LogP contribution in [0.5, 0.6) is 0 Å². The number of amidine groups is 1. The first kappa shape index (κ1) is 17.5. The number of aromatic nitrogens is 2. The van der Waals surface area contributed by atoms with Crippen molar-refractivity contribution < 1.29 is 5.11 Å². The fourth-order valence-corrected chi connectivity index (χ4v) is 3.40. The van der Waals surface area contributed by atoms with Crippen molar-refractivity contribution in [1.29, 1.82) is 5.41 Å². The Morgan fingerprint density at radius 1 is 1.12 bits per heavy atom. The first-order chi connectivity index (χ1) is 12.2. The Labute approximate surface area is 149 Å². The molecule has 2 heterocycles. The summed E-state index contributed by atoms with van der Waals surface area (Å²) in [6.45, 7) is 3.47. The van der Waals surface area contributed by atoms with Gasteiger partial charge in [-0.15, -0.1) is 0 Å². The molecule has 1 aromatic heterocycles. The molecule has 0 bridgehead atoms. The maximum Gasteiger partial charge on any atom is 0.145 e. The van der Waals surface area contributed by atoms with Crippen molar-refractivity contribution in [3.8, 4) is 0 Å². The lowest BCUT2D eigenvalue weighted by Gasteiger charge is -2.18. The minimum Gasteiger partial charge on any atom is -0.510 e. The number of rotatable bonds is 9. The third-order valence-electron chi connectivity index (χ3n) is 4.84. The number of H-pyrrole nitrogens is 1. The zero-order valence-corrected chi connectivity index (χ0v) is 15.0. The molecule has 0 radical (unpaired) electrons. The lowest BCUT2D eigenvalue weighted by atomic mass is 10.1. The predicted octanol–water partition coefficient (Wildman–Crippen LogP) is 4.88. The summed E-state index contributed by atoms with van der Waals surface area (Å²) in [5.41, 5.74) is 2.33. The van der Waals surface area contributed by atoms with Gasteiger partial charge in [0, 0.05) is 6.54 Å². The van der Waals surface area contributed by atoms with Gasteiger partial charge in [-0.05, 0) is 18.6 Å². The molecular formula is C20H28N4O. The van der Waals surface area contributed by atoms with Crippen LogP contribution in [0.4, 0.5) is 0 Å². The minimum atomic E-state index is 0.243. The first-order valence-electron chi connectivity index (χ1n) is 9.41. The van der Waals surface area contributed by atoms with E-state index >= 15 is 0 Å². The van der Waals surface area contributed by atoms with Crippen LogP contribution in [0.15, 0.2) is 30.0 Å². The second-order valence-corrected chi connectivity index (χ2v) is 6.82. The van der Waals surface area contributed by atoms with E-state index in [1.54, 1.807) is 0 Å². The van der Waals surface area contributed by atoms with E-state index in [2.05, 4.69) is 16.9 Å². The van der Waals surface area contributed by atoms with Crippen LogP contribution in [0, 0.1) is 5.41 Å². The van der Waals surface area contributed by atoms with Gasteiger partial charge in [-0.1, -0.05) is 57.6 Å². The maximum absolute atomic E-state index is 10.3. The minimum absolute atomic E-state index is 0.243. The molecule has 5 nitrogen and oxygen atoms in total. The molecule has 3 rings (SSSR count). The van der Waals surface area contributed by atoms with E-state index < -0.39 is 0 Å². The molecule has 0 saturated heterocycles. The second-order valence-electron chi connectivity index (χ2n) is 6.82. The molecule has 0 atom stereocenters. The number of imidazole rings is 1. The zero-order valence-electron chi connectivity index (χ0n) is 15.0. The van der Waals surface area contributed by atoms with Gasteiger partial charge in [0.2, 0.25) is 0 Å². The van der Waals surface area contributed by atoms with E-state index in [0.717, 1.165) is 24.0 Å². The predicted molar refractivity (Wildman–Crippen MR) is 103 cm³/mol. The summed E-state index contributed by atoms with van der Waals surface area (Å²) in [5.74, 6) is 1.21. The number of para-hydroxylation sites is 2. The fraction of sp³-hybridized carbons (Fsp3) is 0.500. The highest BCUT2D eigenvalue weighted by atomic mass is 16.3. The quantitative estimate of drug-likeness (QED) is 0.570. The summed E-state index contributed by atoms with van der Waals surface area (Å²) in [6.07, 6.45) is 8.75. The number of aromatic amines is 1. The van der Waals surface area contributed by atoms with Gasteiger partial charge in [-0.3, -0.25) is 5.41 Å². The lowest BCUT2D eigenvalue weighted by molar-refractivity contribution is 0.344. The normalized spacial score (nSPS) is 14.9. The molecule has 0 fully saturated rings. The topological polar surface area (TPSA) is 76.0 Å². The average Bonchev–Trinajstić information content (AvgIpc) is 3.14. The molecular weight excluding hydrogens is 312 g/mol. The van der Waals surface area contributed by atoms with Gasteiger partial charge in [-0.25, -0.2) is 4.98 Å². The largest absolute Gasteiger partial charge is 0.510 e. The van der Waals surface area contributed by atoms with Gasteiger partial charge >= 0.3 is 0 Å². The molecule has 134 valence electrons. The highest BCUT2D eigenvalue weighted by Crippen LogP contribution is 2.27. The molecule has 0 amide bonds. The number of unbranched alkanes of at least 4 members (excludes halogenated alkanes) is 6. The van der Waals surface area contributed by atoms with Crippen LogP contribution in [0.3, 0.4) is 0 Å². The Bertz CT molecular complexity index is 729. The molecule has 0 spiro atoms. The van der Waals surface area contributed by atoms with Gasteiger partial charge < -0.3 is 15.0 Å². The van der Waals surface area contributed by atoms with Crippen LogP contribution >= 0.6 is 0 Å². The van der Waals surface area contributed by atoms with E-state index in [1.807, 2.05) is 29.2 Å². The number of aliphatic hydroxyl groups excluding tert-OH is 1. The van der Waals surface area contributed by atoms with Crippen LogP contribution in [-0.4, -0.2) is 38.9 Å². The highest BCUT2D eigenvalue weighted by molar-refractivity contribution is 6.23. The summed E-state index contributed by atoms with van der Waals surface area (Å²) in [4.78, 5) is 9.69. The van der Waals surface area contributed by atoms with Gasteiger partial charge in [0.15, 0.2) is 0 Å². The second kappa shape index (κ2) is 8.19. The highest BCUT2D eigenvalue weighted by Gasteiger charge is 2.29. The average molecular weight is 340 g/mol. The molecule has 1 aliphatic heterocycles. The summed E-state index contributed by atoms with van der Waals surface area (Å²) < 4.78 is 0. The SMILES string of the molecule is CCCCCCCCCN1CC(O)=C(c2nc3ccccc3[nH]2)C1=N. The molecule has 0 saturated carbocycles. The smallest absolute Gasteiger partial charge is 0.145 e. The maximum atomic E-state index is 10.3. The zero-order chi connectivity index (χ0) is 17.6. The van der Waals surface area contributed by atoms with Crippen molar-refractivity contribution in [2.75, 3.05) is 13.1 Å². The van der Waals surface area contributed by atoms with Crippen LogP contribution in [0.1, 0.15) is 57.7 Å². The van der Waals surface area contributed by atoms with Crippen LogP contribution in [0.25, 0.3) is 16.6 Å². The fourth-order valence-electron chi connectivity index (χ4n) is 3.40. The van der Waals surface area contributed by atoms with Gasteiger partial charge in [0.1, 0.15) is 17.4 Å². The third kappa shape index (κ3) is 4.03. The van der Waals surface area contributed by atoms with E-state index in [0.29, 0.717) is 23.8 Å². The van der Waals surface area contributed by atoms with E-state index in [1.165, 1.54) is 38.5 Å². The molecule has 0 unspecified atom stereocenters. The molecule has 2 aromatic rings. The van der Waals surface area contributed by atoms with Gasteiger partial charge in [0.25, 0.3) is 0 Å². The van der Waals surface area contributed by atoms with Crippen molar-refractivity contribution in [1.82, 2.24) is 14.9 Å². The first-order valence-corrected chi connectivity index (χ1v) is 9.41. The Kier molecular flexibility index (Phi) is 5.74. The molecule has 0 aliphatic carbocycles. The monoisotopic (exact) mass is 340 g/mol. The van der Waals surface area contributed by atoms with Crippen molar-refractivity contribution in [3.05, 3.63) is 35.8 Å². The Balaban J connectivity index is 1.54. The molecule has 1 aliphatic rings. The summed E-state index contributed by atoms with van der Waals surface area (Å²) in [6, 6.07) is 7.78.